The molecule has 1 unspecified atom stereocenters. The molecule has 2 aromatic rings. The quantitative estimate of drug-likeness (QED) is 0.939. The SMILES string of the molecule is NC(=O)c1ccccc1OC1CCCN(c2ccccn2)C1. The number of aromatic nitrogens is 1. The Kier molecular flexibility index (Phi) is 4.23. The Morgan fingerprint density at radius 3 is 2.82 bits per heavy atom. The molecule has 3 rings (SSSR count). The molecule has 0 spiro atoms. The van der Waals surface area contributed by atoms with Gasteiger partial charge in [0.1, 0.15) is 17.7 Å². The van der Waals surface area contributed by atoms with Gasteiger partial charge in [0.25, 0.3) is 5.91 Å². The van der Waals surface area contributed by atoms with Crippen molar-refractivity contribution >= 4 is 11.7 Å². The minimum Gasteiger partial charge on any atom is -0.488 e. The van der Waals surface area contributed by atoms with E-state index < -0.39 is 5.91 Å². The first-order valence-corrected chi connectivity index (χ1v) is 7.45. The van der Waals surface area contributed by atoms with E-state index >= 15 is 0 Å². The average Bonchev–Trinajstić information content (AvgIpc) is 2.56. The Bertz CT molecular complexity index is 645. The third-order valence-corrected chi connectivity index (χ3v) is 3.80. The van der Waals surface area contributed by atoms with Crippen LogP contribution >= 0.6 is 0 Å². The van der Waals surface area contributed by atoms with Crippen molar-refractivity contribution in [1.29, 1.82) is 0 Å². The summed E-state index contributed by atoms with van der Waals surface area (Å²) in [5.74, 6) is 1.05. The van der Waals surface area contributed by atoms with Crippen LogP contribution in [-0.2, 0) is 0 Å². The maximum absolute atomic E-state index is 11.5. The molecule has 1 aliphatic rings. The van der Waals surface area contributed by atoms with E-state index in [0.717, 1.165) is 31.7 Å². The van der Waals surface area contributed by atoms with Crippen LogP contribution in [0, 0.1) is 0 Å². The minimum absolute atomic E-state index is 0.0243. The van der Waals surface area contributed by atoms with Crippen molar-refractivity contribution in [2.75, 3.05) is 18.0 Å². The van der Waals surface area contributed by atoms with Gasteiger partial charge >= 0.3 is 0 Å². The van der Waals surface area contributed by atoms with Gasteiger partial charge in [-0.2, -0.15) is 0 Å². The van der Waals surface area contributed by atoms with E-state index in [1.54, 1.807) is 24.4 Å². The molecule has 1 saturated heterocycles. The van der Waals surface area contributed by atoms with Crippen LogP contribution in [0.1, 0.15) is 23.2 Å². The molecule has 5 heteroatoms. The van der Waals surface area contributed by atoms with Gasteiger partial charge in [-0.25, -0.2) is 4.98 Å². The number of ether oxygens (including phenoxy) is 1. The van der Waals surface area contributed by atoms with Crippen LogP contribution in [0.4, 0.5) is 5.82 Å². The summed E-state index contributed by atoms with van der Waals surface area (Å²) in [6.07, 6.45) is 3.80. The Balaban J connectivity index is 1.72. The van der Waals surface area contributed by atoms with E-state index in [4.69, 9.17) is 10.5 Å². The third kappa shape index (κ3) is 3.19. The molecule has 1 amide bonds. The number of amides is 1. The molecule has 2 heterocycles. The minimum atomic E-state index is -0.465. The van der Waals surface area contributed by atoms with Gasteiger partial charge in [0.05, 0.1) is 12.1 Å². The predicted molar refractivity (Wildman–Crippen MR) is 85.1 cm³/mol. The summed E-state index contributed by atoms with van der Waals surface area (Å²) in [5.41, 5.74) is 5.83. The highest BCUT2D eigenvalue weighted by Gasteiger charge is 2.23. The summed E-state index contributed by atoms with van der Waals surface area (Å²) < 4.78 is 6.03. The molecule has 1 aromatic carbocycles. The number of nitrogens with zero attached hydrogens (tertiary/aromatic N) is 2. The highest BCUT2D eigenvalue weighted by molar-refractivity contribution is 5.95. The lowest BCUT2D eigenvalue weighted by molar-refractivity contribution is 0.0991. The number of carbonyl (C=O) groups is 1. The first kappa shape index (κ1) is 14.4. The number of anilines is 1. The zero-order chi connectivity index (χ0) is 15.4. The van der Waals surface area contributed by atoms with Crippen molar-refractivity contribution in [3.8, 4) is 5.75 Å². The van der Waals surface area contributed by atoms with Crippen molar-refractivity contribution in [3.05, 3.63) is 54.2 Å². The average molecular weight is 297 g/mol. The molecule has 1 aromatic heterocycles. The maximum Gasteiger partial charge on any atom is 0.252 e. The van der Waals surface area contributed by atoms with Gasteiger partial charge in [-0.3, -0.25) is 4.79 Å². The number of hydrogen-bond acceptors (Lipinski definition) is 4. The summed E-state index contributed by atoms with van der Waals surface area (Å²) >= 11 is 0. The molecule has 0 bridgehead atoms. The lowest BCUT2D eigenvalue weighted by Crippen LogP contribution is -2.41. The first-order valence-electron chi connectivity index (χ1n) is 7.45. The van der Waals surface area contributed by atoms with Gasteiger partial charge in [-0.05, 0) is 37.1 Å². The fourth-order valence-electron chi connectivity index (χ4n) is 2.74. The molecule has 114 valence electrons. The van der Waals surface area contributed by atoms with E-state index in [2.05, 4.69) is 9.88 Å². The van der Waals surface area contributed by atoms with E-state index in [9.17, 15) is 4.79 Å². The smallest absolute Gasteiger partial charge is 0.252 e. The molecule has 1 atom stereocenters. The second-order valence-corrected chi connectivity index (χ2v) is 5.38. The third-order valence-electron chi connectivity index (χ3n) is 3.80. The van der Waals surface area contributed by atoms with Crippen LogP contribution in [0.3, 0.4) is 0 Å². The van der Waals surface area contributed by atoms with Crippen molar-refractivity contribution in [2.45, 2.75) is 18.9 Å². The monoisotopic (exact) mass is 297 g/mol. The van der Waals surface area contributed by atoms with Crippen LogP contribution in [0.5, 0.6) is 5.75 Å². The van der Waals surface area contributed by atoms with Crippen LogP contribution in [0.15, 0.2) is 48.7 Å². The van der Waals surface area contributed by atoms with Crippen LogP contribution in [0.2, 0.25) is 0 Å². The molecular formula is C17H19N3O2. The highest BCUT2D eigenvalue weighted by Crippen LogP contribution is 2.24. The number of hydrogen-bond donors (Lipinski definition) is 1. The highest BCUT2D eigenvalue weighted by atomic mass is 16.5. The lowest BCUT2D eigenvalue weighted by Gasteiger charge is -2.33. The van der Waals surface area contributed by atoms with Gasteiger partial charge in [0.2, 0.25) is 0 Å². The number of primary amides is 1. The fourth-order valence-corrected chi connectivity index (χ4v) is 2.74. The molecule has 0 aliphatic carbocycles. The topological polar surface area (TPSA) is 68.5 Å². The first-order chi connectivity index (χ1) is 10.7. The van der Waals surface area contributed by atoms with E-state index in [0.29, 0.717) is 11.3 Å². The molecule has 22 heavy (non-hydrogen) atoms. The molecule has 0 saturated carbocycles. The second-order valence-electron chi connectivity index (χ2n) is 5.38. The van der Waals surface area contributed by atoms with E-state index in [-0.39, 0.29) is 6.10 Å². The standard InChI is InChI=1S/C17H19N3O2/c18-17(21)14-7-1-2-8-15(14)22-13-6-5-11-20(12-13)16-9-3-4-10-19-16/h1-4,7-10,13H,5-6,11-12H2,(H2,18,21). The van der Waals surface area contributed by atoms with Crippen LogP contribution in [0.25, 0.3) is 0 Å². The van der Waals surface area contributed by atoms with E-state index in [1.807, 2.05) is 24.3 Å². The van der Waals surface area contributed by atoms with Crippen molar-refractivity contribution < 1.29 is 9.53 Å². The Hall–Kier alpha value is -2.56. The summed E-state index contributed by atoms with van der Waals surface area (Å²) in [6, 6.07) is 13.0. The van der Waals surface area contributed by atoms with Crippen molar-refractivity contribution in [3.63, 3.8) is 0 Å². The zero-order valence-electron chi connectivity index (χ0n) is 12.3. The number of para-hydroxylation sites is 1. The largest absolute Gasteiger partial charge is 0.488 e. The summed E-state index contributed by atoms with van der Waals surface area (Å²) in [7, 11) is 0. The number of carbonyl (C=O) groups excluding carboxylic acids is 1. The van der Waals surface area contributed by atoms with Crippen LogP contribution in [-0.4, -0.2) is 30.1 Å². The Morgan fingerprint density at radius 1 is 1.23 bits per heavy atom. The molecule has 0 radical (unpaired) electrons. The van der Waals surface area contributed by atoms with Gasteiger partial charge < -0.3 is 15.4 Å². The molecule has 1 aliphatic heterocycles. The zero-order valence-corrected chi connectivity index (χ0v) is 12.3. The number of rotatable bonds is 4. The van der Waals surface area contributed by atoms with Gasteiger partial charge in [0, 0.05) is 12.7 Å². The van der Waals surface area contributed by atoms with Gasteiger partial charge in [-0.1, -0.05) is 18.2 Å². The van der Waals surface area contributed by atoms with Gasteiger partial charge in [-0.15, -0.1) is 0 Å². The van der Waals surface area contributed by atoms with Crippen LogP contribution < -0.4 is 15.4 Å². The van der Waals surface area contributed by atoms with Crippen molar-refractivity contribution in [2.24, 2.45) is 5.73 Å². The summed E-state index contributed by atoms with van der Waals surface area (Å²) in [6.45, 7) is 1.72. The Morgan fingerprint density at radius 2 is 2.05 bits per heavy atom. The maximum atomic E-state index is 11.5. The predicted octanol–water partition coefficient (Wildman–Crippen LogP) is 2.23. The number of nitrogens with two attached hydrogens (primary N) is 1. The Labute approximate surface area is 129 Å². The number of benzene rings is 1. The fraction of sp³-hybridized carbons (Fsp3) is 0.294. The van der Waals surface area contributed by atoms with Crippen molar-refractivity contribution in [1.82, 2.24) is 4.98 Å². The van der Waals surface area contributed by atoms with E-state index in [1.165, 1.54) is 0 Å². The molecular weight excluding hydrogens is 278 g/mol. The lowest BCUT2D eigenvalue weighted by atomic mass is 10.1. The second kappa shape index (κ2) is 6.47. The number of pyridine rings is 1. The van der Waals surface area contributed by atoms with Gasteiger partial charge in [0.15, 0.2) is 0 Å². The molecule has 5 nitrogen and oxygen atoms in total. The molecule has 1 fully saturated rings. The number of piperidine rings is 1. The molecule has 2 N–H and O–H groups in total. The summed E-state index contributed by atoms with van der Waals surface area (Å²) in [5, 5.41) is 0. The summed E-state index contributed by atoms with van der Waals surface area (Å²) in [4.78, 5) is 18.1. The normalized spacial score (nSPS) is 18.0.